The maximum absolute atomic E-state index is 12.9. The largest absolute Gasteiger partial charge is 0.481 e. The van der Waals surface area contributed by atoms with E-state index in [0.717, 1.165) is 6.42 Å². The minimum absolute atomic E-state index is 0.148. The lowest BCUT2D eigenvalue weighted by molar-refractivity contribution is -0.128. The smallest absolute Gasteiger partial charge is 0.261 e. The van der Waals surface area contributed by atoms with E-state index in [9.17, 15) is 9.18 Å². The quantitative estimate of drug-likeness (QED) is 0.768. The molecule has 0 saturated carbocycles. The van der Waals surface area contributed by atoms with Crippen molar-refractivity contribution in [2.24, 2.45) is 0 Å². The molecule has 0 unspecified atom stereocenters. The molecule has 0 saturated heterocycles. The third kappa shape index (κ3) is 5.89. The van der Waals surface area contributed by atoms with Gasteiger partial charge in [0.25, 0.3) is 5.91 Å². The number of ether oxygens (including phenoxy) is 1. The fourth-order valence-electron chi connectivity index (χ4n) is 2.51. The van der Waals surface area contributed by atoms with Crippen LogP contribution in [0.25, 0.3) is 0 Å². The number of benzene rings is 2. The highest BCUT2D eigenvalue weighted by Crippen LogP contribution is 2.16. The lowest BCUT2D eigenvalue weighted by Gasteiger charge is -2.17. The Hall–Kier alpha value is -2.36. The summed E-state index contributed by atoms with van der Waals surface area (Å²) in [5.41, 5.74) is 2.50. The monoisotopic (exact) mass is 343 g/mol. The van der Waals surface area contributed by atoms with Crippen molar-refractivity contribution < 1.29 is 13.9 Å². The van der Waals surface area contributed by atoms with Crippen LogP contribution in [0.3, 0.4) is 0 Å². The van der Waals surface area contributed by atoms with Crippen molar-refractivity contribution >= 4 is 5.91 Å². The summed E-state index contributed by atoms with van der Waals surface area (Å²) in [6.45, 7) is 6.78. The van der Waals surface area contributed by atoms with Crippen LogP contribution in [-0.4, -0.2) is 18.6 Å². The van der Waals surface area contributed by atoms with Gasteiger partial charge in [-0.2, -0.15) is 0 Å². The van der Waals surface area contributed by atoms with Crippen molar-refractivity contribution in [3.63, 3.8) is 0 Å². The standard InChI is InChI=1S/C21H26FNO2/c1-4-20(25-19-11-9-18(22)10-12-19)21(24)23-14-13-16-5-7-17(8-6-16)15(2)3/h5-12,15,20H,4,13-14H2,1-3H3,(H,23,24)/t20-/m0/s1. The van der Waals surface area contributed by atoms with Gasteiger partial charge in [-0.3, -0.25) is 4.79 Å². The predicted octanol–water partition coefficient (Wildman–Crippen LogP) is 4.47. The average Bonchev–Trinajstić information content (AvgIpc) is 2.61. The molecule has 2 rings (SSSR count). The molecule has 1 amide bonds. The number of nitrogens with one attached hydrogen (secondary N) is 1. The van der Waals surface area contributed by atoms with Crippen molar-refractivity contribution in [3.05, 3.63) is 65.5 Å². The first-order chi connectivity index (χ1) is 12.0. The normalized spacial score (nSPS) is 12.0. The first kappa shape index (κ1) is 19.0. The van der Waals surface area contributed by atoms with Crippen LogP contribution in [-0.2, 0) is 11.2 Å². The van der Waals surface area contributed by atoms with Gasteiger partial charge in [0.1, 0.15) is 11.6 Å². The molecule has 2 aromatic rings. The molecule has 25 heavy (non-hydrogen) atoms. The average molecular weight is 343 g/mol. The highest BCUT2D eigenvalue weighted by molar-refractivity contribution is 5.81. The zero-order valence-corrected chi connectivity index (χ0v) is 15.1. The molecule has 0 aliphatic rings. The van der Waals surface area contributed by atoms with E-state index < -0.39 is 6.10 Å². The van der Waals surface area contributed by atoms with Gasteiger partial charge in [0.2, 0.25) is 0 Å². The number of amides is 1. The first-order valence-corrected chi connectivity index (χ1v) is 8.78. The van der Waals surface area contributed by atoms with Crippen LogP contribution in [0, 0.1) is 5.82 Å². The zero-order valence-electron chi connectivity index (χ0n) is 15.1. The van der Waals surface area contributed by atoms with E-state index in [-0.39, 0.29) is 11.7 Å². The number of hydrogen-bond acceptors (Lipinski definition) is 2. The van der Waals surface area contributed by atoms with E-state index in [2.05, 4.69) is 43.4 Å². The molecule has 0 heterocycles. The fraction of sp³-hybridized carbons (Fsp3) is 0.381. The summed E-state index contributed by atoms with van der Waals surface area (Å²) in [4.78, 5) is 12.3. The Balaban J connectivity index is 1.82. The maximum Gasteiger partial charge on any atom is 0.261 e. The van der Waals surface area contributed by atoms with E-state index in [1.807, 2.05) is 6.92 Å². The SMILES string of the molecule is CC[C@H](Oc1ccc(F)cc1)C(=O)NCCc1ccc(C(C)C)cc1. The number of carbonyl (C=O) groups is 1. The molecule has 0 bridgehead atoms. The molecule has 0 radical (unpaired) electrons. The van der Waals surface area contributed by atoms with Crippen molar-refractivity contribution in [3.8, 4) is 5.75 Å². The van der Waals surface area contributed by atoms with E-state index >= 15 is 0 Å². The van der Waals surface area contributed by atoms with Crippen LogP contribution in [0.2, 0.25) is 0 Å². The summed E-state index contributed by atoms with van der Waals surface area (Å²) in [6.07, 6.45) is 0.748. The molecule has 0 spiro atoms. The molecule has 4 heteroatoms. The molecule has 1 atom stereocenters. The van der Waals surface area contributed by atoms with Crippen LogP contribution in [0.1, 0.15) is 44.2 Å². The Morgan fingerprint density at radius 3 is 2.28 bits per heavy atom. The Morgan fingerprint density at radius 2 is 1.72 bits per heavy atom. The van der Waals surface area contributed by atoms with Crippen LogP contribution >= 0.6 is 0 Å². The molecule has 0 aliphatic carbocycles. The van der Waals surface area contributed by atoms with Crippen LogP contribution in [0.5, 0.6) is 5.75 Å². The number of carbonyl (C=O) groups excluding carboxylic acids is 1. The number of rotatable bonds is 8. The van der Waals surface area contributed by atoms with Gasteiger partial charge in [-0.1, -0.05) is 45.0 Å². The third-order valence-electron chi connectivity index (χ3n) is 4.11. The maximum atomic E-state index is 12.9. The van der Waals surface area contributed by atoms with Gasteiger partial charge in [-0.25, -0.2) is 4.39 Å². The second-order valence-corrected chi connectivity index (χ2v) is 6.41. The molecular weight excluding hydrogens is 317 g/mol. The van der Waals surface area contributed by atoms with Gasteiger partial charge in [0, 0.05) is 6.54 Å². The molecule has 0 fully saturated rings. The van der Waals surface area contributed by atoms with Crippen molar-refractivity contribution in [1.29, 1.82) is 0 Å². The Morgan fingerprint density at radius 1 is 1.08 bits per heavy atom. The van der Waals surface area contributed by atoms with E-state index in [1.54, 1.807) is 0 Å². The summed E-state index contributed by atoms with van der Waals surface area (Å²) in [5.74, 6) is 0.536. The minimum Gasteiger partial charge on any atom is -0.481 e. The molecule has 1 N–H and O–H groups in total. The van der Waals surface area contributed by atoms with Crippen LogP contribution in [0.15, 0.2) is 48.5 Å². The van der Waals surface area contributed by atoms with Crippen molar-refractivity contribution in [1.82, 2.24) is 5.32 Å². The lowest BCUT2D eigenvalue weighted by atomic mass is 10.0. The summed E-state index contributed by atoms with van der Waals surface area (Å²) >= 11 is 0. The van der Waals surface area contributed by atoms with E-state index in [4.69, 9.17) is 4.74 Å². The highest BCUT2D eigenvalue weighted by atomic mass is 19.1. The molecule has 3 nitrogen and oxygen atoms in total. The van der Waals surface area contributed by atoms with Gasteiger partial charge in [-0.05, 0) is 54.2 Å². The second-order valence-electron chi connectivity index (χ2n) is 6.41. The van der Waals surface area contributed by atoms with Crippen molar-refractivity contribution in [2.75, 3.05) is 6.54 Å². The molecule has 0 aromatic heterocycles. The second kappa shape index (κ2) is 9.21. The molecule has 134 valence electrons. The van der Waals surface area contributed by atoms with E-state index in [0.29, 0.717) is 24.6 Å². The van der Waals surface area contributed by atoms with Gasteiger partial charge in [0.15, 0.2) is 6.10 Å². The first-order valence-electron chi connectivity index (χ1n) is 8.78. The van der Waals surface area contributed by atoms with Gasteiger partial charge in [0.05, 0.1) is 0 Å². The summed E-state index contributed by atoms with van der Waals surface area (Å²) in [7, 11) is 0. The molecular formula is C21H26FNO2. The van der Waals surface area contributed by atoms with E-state index in [1.165, 1.54) is 35.4 Å². The Bertz CT molecular complexity index is 665. The topological polar surface area (TPSA) is 38.3 Å². The lowest BCUT2D eigenvalue weighted by Crippen LogP contribution is -2.38. The van der Waals surface area contributed by atoms with Crippen molar-refractivity contribution in [2.45, 2.75) is 45.6 Å². The molecule has 2 aromatic carbocycles. The number of hydrogen-bond donors (Lipinski definition) is 1. The summed E-state index contributed by atoms with van der Waals surface area (Å²) < 4.78 is 18.6. The minimum atomic E-state index is -0.575. The Labute approximate surface area is 149 Å². The summed E-state index contributed by atoms with van der Waals surface area (Å²) in [5, 5.41) is 2.91. The summed E-state index contributed by atoms with van der Waals surface area (Å²) in [6, 6.07) is 14.2. The van der Waals surface area contributed by atoms with Gasteiger partial charge < -0.3 is 10.1 Å². The van der Waals surface area contributed by atoms with Crippen LogP contribution in [0.4, 0.5) is 4.39 Å². The third-order valence-corrected chi connectivity index (χ3v) is 4.11. The van der Waals surface area contributed by atoms with Gasteiger partial charge in [-0.15, -0.1) is 0 Å². The zero-order chi connectivity index (χ0) is 18.2. The molecule has 0 aliphatic heterocycles. The number of halogens is 1. The van der Waals surface area contributed by atoms with Crippen LogP contribution < -0.4 is 10.1 Å². The Kier molecular flexibility index (Phi) is 6.99. The predicted molar refractivity (Wildman–Crippen MR) is 98.4 cm³/mol. The van der Waals surface area contributed by atoms with Gasteiger partial charge >= 0.3 is 0 Å². The fourth-order valence-corrected chi connectivity index (χ4v) is 2.51. The highest BCUT2D eigenvalue weighted by Gasteiger charge is 2.17.